The van der Waals surface area contributed by atoms with Crippen molar-refractivity contribution in [3.05, 3.63) is 23.1 Å². The molecule has 4 nitrogen and oxygen atoms in total. The first-order valence-electron chi connectivity index (χ1n) is 3.11. The Morgan fingerprint density at radius 1 is 1.64 bits per heavy atom. The highest BCUT2D eigenvalue weighted by Gasteiger charge is 2.13. The lowest BCUT2D eigenvalue weighted by Gasteiger charge is -2.08. The van der Waals surface area contributed by atoms with Crippen LogP contribution in [0.1, 0.15) is 6.42 Å². The van der Waals surface area contributed by atoms with Crippen molar-refractivity contribution in [2.24, 2.45) is 5.73 Å². The number of hydrogen-bond acceptors (Lipinski definition) is 3. The highest BCUT2D eigenvalue weighted by atomic mass is 32.2. The van der Waals surface area contributed by atoms with Gasteiger partial charge in [-0.2, -0.15) is 8.42 Å². The Kier molecular flexibility index (Phi) is 2.12. The maximum atomic E-state index is 10.5. The Labute approximate surface area is 65.1 Å². The fourth-order valence-corrected chi connectivity index (χ4v) is 1.37. The largest absolute Gasteiger partial charge is 0.324 e. The Morgan fingerprint density at radius 3 is 2.64 bits per heavy atom. The number of allylic oxidation sites excluding steroid dienone is 1. The van der Waals surface area contributed by atoms with Crippen LogP contribution in [0.3, 0.4) is 0 Å². The van der Waals surface area contributed by atoms with Gasteiger partial charge in [-0.1, -0.05) is 12.2 Å². The lowest BCUT2D eigenvalue weighted by atomic mass is 10.1. The minimum absolute atomic E-state index is 0.0702. The predicted octanol–water partition coefficient (Wildman–Crippen LogP) is 0.0453. The van der Waals surface area contributed by atoms with Crippen molar-refractivity contribution in [1.29, 1.82) is 0 Å². The van der Waals surface area contributed by atoms with Gasteiger partial charge in [0.25, 0.3) is 10.1 Å². The van der Waals surface area contributed by atoms with E-state index in [0.717, 1.165) is 0 Å². The smallest absolute Gasteiger partial charge is 0.294 e. The molecule has 0 saturated carbocycles. The van der Waals surface area contributed by atoms with Gasteiger partial charge in [0.2, 0.25) is 0 Å². The van der Waals surface area contributed by atoms with Gasteiger partial charge in [-0.25, -0.2) is 0 Å². The average Bonchev–Trinajstić information content (AvgIpc) is 1.86. The maximum Gasteiger partial charge on any atom is 0.294 e. The summed E-state index contributed by atoms with van der Waals surface area (Å²) in [4.78, 5) is -0.0702. The fraction of sp³-hybridized carbons (Fsp3) is 0.333. The van der Waals surface area contributed by atoms with Crippen LogP contribution < -0.4 is 5.73 Å². The highest BCUT2D eigenvalue weighted by molar-refractivity contribution is 7.90. The molecular formula is C6H9NO3S. The predicted molar refractivity (Wildman–Crippen MR) is 41.4 cm³/mol. The Balaban J connectivity index is 2.89. The van der Waals surface area contributed by atoms with E-state index in [1.54, 1.807) is 6.08 Å². The van der Waals surface area contributed by atoms with Crippen LogP contribution >= 0.6 is 0 Å². The molecular weight excluding hydrogens is 166 g/mol. The van der Waals surface area contributed by atoms with E-state index in [2.05, 4.69) is 0 Å². The molecule has 1 aliphatic carbocycles. The standard InChI is InChI=1S/C6H9NO3S/c7-5-1-3-6(4-2-5)11(8,9)10/h1,3-5H,2,7H2,(H,8,9,10). The summed E-state index contributed by atoms with van der Waals surface area (Å²) in [5.74, 6) is 0. The van der Waals surface area contributed by atoms with Gasteiger partial charge in [-0.3, -0.25) is 4.55 Å². The molecule has 11 heavy (non-hydrogen) atoms. The second-order valence-electron chi connectivity index (χ2n) is 2.34. The van der Waals surface area contributed by atoms with E-state index in [-0.39, 0.29) is 10.9 Å². The van der Waals surface area contributed by atoms with E-state index >= 15 is 0 Å². The molecule has 0 radical (unpaired) electrons. The van der Waals surface area contributed by atoms with Crippen LogP contribution in [-0.4, -0.2) is 19.0 Å². The number of hydrogen-bond donors (Lipinski definition) is 2. The molecule has 0 aliphatic heterocycles. The molecule has 0 spiro atoms. The van der Waals surface area contributed by atoms with E-state index in [0.29, 0.717) is 6.42 Å². The molecule has 5 heteroatoms. The van der Waals surface area contributed by atoms with Gasteiger partial charge in [-0.05, 0) is 12.5 Å². The van der Waals surface area contributed by atoms with Crippen molar-refractivity contribution in [3.63, 3.8) is 0 Å². The van der Waals surface area contributed by atoms with E-state index in [9.17, 15) is 8.42 Å². The molecule has 3 N–H and O–H groups in total. The molecule has 1 rings (SSSR count). The van der Waals surface area contributed by atoms with Gasteiger partial charge >= 0.3 is 0 Å². The molecule has 1 aliphatic rings. The Bertz CT molecular complexity index is 302. The van der Waals surface area contributed by atoms with Crippen LogP contribution in [0.4, 0.5) is 0 Å². The van der Waals surface area contributed by atoms with Crippen LogP contribution in [0.25, 0.3) is 0 Å². The molecule has 1 atom stereocenters. The number of rotatable bonds is 1. The quantitative estimate of drug-likeness (QED) is 0.551. The summed E-state index contributed by atoms with van der Waals surface area (Å²) in [5, 5.41) is 0. The van der Waals surface area contributed by atoms with Crippen molar-refractivity contribution >= 4 is 10.1 Å². The van der Waals surface area contributed by atoms with Crippen molar-refractivity contribution in [3.8, 4) is 0 Å². The third-order valence-electron chi connectivity index (χ3n) is 1.40. The summed E-state index contributed by atoms with van der Waals surface area (Å²) >= 11 is 0. The molecule has 0 bridgehead atoms. The average molecular weight is 175 g/mol. The molecule has 0 heterocycles. The molecule has 0 amide bonds. The summed E-state index contributed by atoms with van der Waals surface area (Å²) in [6, 6.07) is -0.138. The first-order chi connectivity index (χ1) is 5.00. The van der Waals surface area contributed by atoms with Crippen LogP contribution in [-0.2, 0) is 10.1 Å². The van der Waals surface area contributed by atoms with Crippen molar-refractivity contribution in [2.75, 3.05) is 0 Å². The van der Waals surface area contributed by atoms with Crippen LogP contribution in [0, 0.1) is 0 Å². The summed E-state index contributed by atoms with van der Waals surface area (Å²) in [7, 11) is -4.03. The molecule has 0 aromatic heterocycles. The lowest BCUT2D eigenvalue weighted by molar-refractivity contribution is 0.491. The minimum atomic E-state index is -4.03. The molecule has 62 valence electrons. The summed E-state index contributed by atoms with van der Waals surface area (Å²) in [6.45, 7) is 0. The fourth-order valence-electron chi connectivity index (χ4n) is 0.809. The first kappa shape index (κ1) is 8.45. The maximum absolute atomic E-state index is 10.5. The number of nitrogens with two attached hydrogens (primary N) is 1. The van der Waals surface area contributed by atoms with Crippen LogP contribution in [0.2, 0.25) is 0 Å². The van der Waals surface area contributed by atoms with Gasteiger partial charge in [0.1, 0.15) is 0 Å². The van der Waals surface area contributed by atoms with Gasteiger partial charge in [0.15, 0.2) is 0 Å². The Morgan fingerprint density at radius 2 is 2.27 bits per heavy atom. The summed E-state index contributed by atoms with van der Waals surface area (Å²) < 4.78 is 29.5. The van der Waals surface area contributed by atoms with Crippen molar-refractivity contribution in [2.45, 2.75) is 12.5 Å². The van der Waals surface area contributed by atoms with E-state index in [4.69, 9.17) is 10.3 Å². The minimum Gasteiger partial charge on any atom is -0.324 e. The second kappa shape index (κ2) is 2.77. The molecule has 0 saturated heterocycles. The summed E-state index contributed by atoms with van der Waals surface area (Å²) in [5.41, 5.74) is 5.43. The SMILES string of the molecule is NC1C=CC(S(=O)(=O)O)=CC1. The van der Waals surface area contributed by atoms with Gasteiger partial charge in [-0.15, -0.1) is 0 Å². The van der Waals surface area contributed by atoms with Crippen LogP contribution in [0.5, 0.6) is 0 Å². The molecule has 0 aromatic carbocycles. The first-order valence-corrected chi connectivity index (χ1v) is 4.55. The monoisotopic (exact) mass is 175 g/mol. The van der Waals surface area contributed by atoms with Gasteiger partial charge in [0.05, 0.1) is 4.91 Å². The summed E-state index contributed by atoms with van der Waals surface area (Å²) in [6.07, 6.45) is 4.71. The molecule has 0 aromatic rings. The van der Waals surface area contributed by atoms with Crippen molar-refractivity contribution in [1.82, 2.24) is 0 Å². The third-order valence-corrected chi connectivity index (χ3v) is 2.30. The van der Waals surface area contributed by atoms with E-state index < -0.39 is 10.1 Å². The van der Waals surface area contributed by atoms with E-state index in [1.807, 2.05) is 0 Å². The zero-order valence-corrected chi connectivity index (χ0v) is 6.58. The second-order valence-corrected chi connectivity index (χ2v) is 3.76. The Hall–Kier alpha value is -0.650. The zero-order chi connectivity index (χ0) is 8.48. The lowest BCUT2D eigenvalue weighted by Crippen LogP contribution is -2.18. The van der Waals surface area contributed by atoms with Crippen LogP contribution in [0.15, 0.2) is 23.1 Å². The normalized spacial score (nSPS) is 24.9. The highest BCUT2D eigenvalue weighted by Crippen LogP contribution is 2.13. The molecule has 1 unspecified atom stereocenters. The van der Waals surface area contributed by atoms with Crippen molar-refractivity contribution < 1.29 is 13.0 Å². The zero-order valence-electron chi connectivity index (χ0n) is 5.77. The van der Waals surface area contributed by atoms with Gasteiger partial charge < -0.3 is 5.73 Å². The van der Waals surface area contributed by atoms with E-state index in [1.165, 1.54) is 12.2 Å². The topological polar surface area (TPSA) is 80.4 Å². The molecule has 0 fully saturated rings. The third kappa shape index (κ3) is 2.14. The van der Waals surface area contributed by atoms with Gasteiger partial charge in [0, 0.05) is 6.04 Å².